The summed E-state index contributed by atoms with van der Waals surface area (Å²) in [6, 6.07) is 0. The molecule has 1 heterocycles. The van der Waals surface area contributed by atoms with Crippen LogP contribution < -0.4 is 10.5 Å². The Morgan fingerprint density at radius 2 is 2.21 bits per heavy atom. The molecule has 0 aliphatic heterocycles. The van der Waals surface area contributed by atoms with E-state index in [2.05, 4.69) is 23.8 Å². The fourth-order valence-corrected chi connectivity index (χ4v) is 1.21. The second-order valence-electron chi connectivity index (χ2n) is 3.62. The fourth-order valence-electron chi connectivity index (χ4n) is 1.21. The molecule has 0 aromatic carbocycles. The van der Waals surface area contributed by atoms with Gasteiger partial charge in [0.25, 0.3) is 0 Å². The predicted octanol–water partition coefficient (Wildman–Crippen LogP) is 1.14. The highest BCUT2D eigenvalue weighted by molar-refractivity contribution is 5.23. The highest BCUT2D eigenvalue weighted by Gasteiger charge is 2.07. The van der Waals surface area contributed by atoms with Crippen molar-refractivity contribution in [2.24, 2.45) is 11.7 Å². The van der Waals surface area contributed by atoms with Crippen LogP contribution in [0.1, 0.15) is 25.2 Å². The van der Waals surface area contributed by atoms with Crippen molar-refractivity contribution in [1.82, 2.24) is 9.97 Å². The second-order valence-corrected chi connectivity index (χ2v) is 3.62. The number of aromatic nitrogens is 2. The van der Waals surface area contributed by atoms with Gasteiger partial charge in [-0.1, -0.05) is 13.8 Å². The zero-order chi connectivity index (χ0) is 10.6. The lowest BCUT2D eigenvalue weighted by molar-refractivity contribution is 0.388. The zero-order valence-corrected chi connectivity index (χ0v) is 8.95. The molecule has 0 fully saturated rings. The van der Waals surface area contributed by atoms with Gasteiger partial charge in [-0.05, 0) is 5.92 Å². The largest absolute Gasteiger partial charge is 0.481 e. The predicted molar refractivity (Wildman–Crippen MR) is 55.0 cm³/mol. The first-order valence-corrected chi connectivity index (χ1v) is 4.76. The summed E-state index contributed by atoms with van der Waals surface area (Å²) >= 11 is 0. The summed E-state index contributed by atoms with van der Waals surface area (Å²) in [5.41, 5.74) is 6.36. The minimum Gasteiger partial charge on any atom is -0.481 e. The molecule has 4 nitrogen and oxygen atoms in total. The molecule has 0 saturated carbocycles. The summed E-state index contributed by atoms with van der Waals surface area (Å²) in [6.07, 6.45) is 2.60. The molecule has 78 valence electrons. The number of hydrogen-bond donors (Lipinski definition) is 1. The molecule has 4 heteroatoms. The lowest BCUT2D eigenvalue weighted by atomic mass is 10.1. The van der Waals surface area contributed by atoms with E-state index in [1.54, 1.807) is 13.3 Å². The van der Waals surface area contributed by atoms with Gasteiger partial charge in [-0.3, -0.25) is 0 Å². The minimum atomic E-state index is 0.408. The van der Waals surface area contributed by atoms with Crippen molar-refractivity contribution in [1.29, 1.82) is 0 Å². The lowest BCUT2D eigenvalue weighted by Gasteiger charge is -2.08. The average Bonchev–Trinajstić information content (AvgIpc) is 2.16. The van der Waals surface area contributed by atoms with Gasteiger partial charge in [-0.2, -0.15) is 4.98 Å². The number of hydrogen-bond acceptors (Lipinski definition) is 4. The molecular weight excluding hydrogens is 178 g/mol. The van der Waals surface area contributed by atoms with Crippen molar-refractivity contribution in [3.05, 3.63) is 17.6 Å². The molecule has 2 N–H and O–H groups in total. The SMILES string of the molecule is COc1nc(CC(C)C)ncc1CN. The molecule has 0 unspecified atom stereocenters. The van der Waals surface area contributed by atoms with Gasteiger partial charge in [-0.15, -0.1) is 0 Å². The molecule has 1 rings (SSSR count). The van der Waals surface area contributed by atoms with Crippen LogP contribution in [0.2, 0.25) is 0 Å². The van der Waals surface area contributed by atoms with Crippen LogP contribution in [0, 0.1) is 5.92 Å². The molecular formula is C10H17N3O. The molecule has 0 aliphatic rings. The maximum absolute atomic E-state index is 5.52. The molecule has 0 spiro atoms. The molecule has 1 aromatic rings. The zero-order valence-electron chi connectivity index (χ0n) is 8.95. The van der Waals surface area contributed by atoms with Crippen LogP contribution in [0.5, 0.6) is 5.88 Å². The molecule has 0 saturated heterocycles. The van der Waals surface area contributed by atoms with Crippen LogP contribution in [-0.4, -0.2) is 17.1 Å². The third-order valence-electron chi connectivity index (χ3n) is 1.88. The van der Waals surface area contributed by atoms with Crippen molar-refractivity contribution in [3.8, 4) is 5.88 Å². The van der Waals surface area contributed by atoms with Gasteiger partial charge in [0, 0.05) is 24.7 Å². The summed E-state index contributed by atoms with van der Waals surface area (Å²) in [7, 11) is 1.60. The maximum Gasteiger partial charge on any atom is 0.220 e. The quantitative estimate of drug-likeness (QED) is 0.782. The number of methoxy groups -OCH3 is 1. The fraction of sp³-hybridized carbons (Fsp3) is 0.600. The van der Waals surface area contributed by atoms with Crippen LogP contribution in [0.25, 0.3) is 0 Å². The van der Waals surface area contributed by atoms with E-state index in [9.17, 15) is 0 Å². The smallest absolute Gasteiger partial charge is 0.220 e. The van der Waals surface area contributed by atoms with E-state index in [0.717, 1.165) is 17.8 Å². The van der Waals surface area contributed by atoms with Gasteiger partial charge < -0.3 is 10.5 Å². The van der Waals surface area contributed by atoms with Crippen LogP contribution in [0.15, 0.2) is 6.20 Å². The van der Waals surface area contributed by atoms with E-state index < -0.39 is 0 Å². The summed E-state index contributed by atoms with van der Waals surface area (Å²) in [4.78, 5) is 8.52. The Morgan fingerprint density at radius 3 is 2.71 bits per heavy atom. The Labute approximate surface area is 84.5 Å². The van der Waals surface area contributed by atoms with Crippen molar-refractivity contribution >= 4 is 0 Å². The lowest BCUT2D eigenvalue weighted by Crippen LogP contribution is -2.07. The summed E-state index contributed by atoms with van der Waals surface area (Å²) in [5.74, 6) is 1.95. The van der Waals surface area contributed by atoms with Gasteiger partial charge >= 0.3 is 0 Å². The minimum absolute atomic E-state index is 0.408. The Balaban J connectivity index is 2.89. The summed E-state index contributed by atoms with van der Waals surface area (Å²) < 4.78 is 5.13. The first kappa shape index (κ1) is 10.9. The Kier molecular flexibility index (Phi) is 3.83. The highest BCUT2D eigenvalue weighted by Crippen LogP contribution is 2.14. The van der Waals surface area contributed by atoms with Crippen LogP contribution in [-0.2, 0) is 13.0 Å². The monoisotopic (exact) mass is 195 g/mol. The van der Waals surface area contributed by atoms with E-state index in [4.69, 9.17) is 10.5 Å². The first-order chi connectivity index (χ1) is 6.67. The molecule has 14 heavy (non-hydrogen) atoms. The molecule has 0 atom stereocenters. The van der Waals surface area contributed by atoms with Crippen molar-refractivity contribution in [2.45, 2.75) is 26.8 Å². The van der Waals surface area contributed by atoms with Crippen molar-refractivity contribution < 1.29 is 4.74 Å². The van der Waals surface area contributed by atoms with Crippen LogP contribution in [0.3, 0.4) is 0 Å². The normalized spacial score (nSPS) is 10.6. The Hall–Kier alpha value is -1.16. The van der Waals surface area contributed by atoms with Crippen LogP contribution in [0.4, 0.5) is 0 Å². The topological polar surface area (TPSA) is 61.0 Å². The first-order valence-electron chi connectivity index (χ1n) is 4.76. The van der Waals surface area contributed by atoms with E-state index in [-0.39, 0.29) is 0 Å². The number of nitrogens with zero attached hydrogens (tertiary/aromatic N) is 2. The van der Waals surface area contributed by atoms with Gasteiger partial charge in [-0.25, -0.2) is 4.98 Å². The Bertz CT molecular complexity index is 299. The maximum atomic E-state index is 5.52. The Morgan fingerprint density at radius 1 is 1.50 bits per heavy atom. The van der Waals surface area contributed by atoms with Gasteiger partial charge in [0.1, 0.15) is 5.82 Å². The average molecular weight is 195 g/mol. The molecule has 0 radical (unpaired) electrons. The summed E-state index contributed by atoms with van der Waals surface area (Å²) in [6.45, 7) is 4.67. The third kappa shape index (κ3) is 2.67. The van der Waals surface area contributed by atoms with E-state index >= 15 is 0 Å². The van der Waals surface area contributed by atoms with Crippen LogP contribution >= 0.6 is 0 Å². The molecule has 0 bridgehead atoms. The van der Waals surface area contributed by atoms with Crippen molar-refractivity contribution in [3.63, 3.8) is 0 Å². The molecule has 1 aromatic heterocycles. The third-order valence-corrected chi connectivity index (χ3v) is 1.88. The number of rotatable bonds is 4. The molecule has 0 amide bonds. The van der Waals surface area contributed by atoms with E-state index in [0.29, 0.717) is 18.3 Å². The standard InChI is InChI=1S/C10H17N3O/c1-7(2)4-9-12-6-8(5-11)10(13-9)14-3/h6-7H,4-5,11H2,1-3H3. The summed E-state index contributed by atoms with van der Waals surface area (Å²) in [5, 5.41) is 0. The highest BCUT2D eigenvalue weighted by atomic mass is 16.5. The van der Waals surface area contributed by atoms with Gasteiger partial charge in [0.05, 0.1) is 7.11 Å². The van der Waals surface area contributed by atoms with Gasteiger partial charge in [0.15, 0.2) is 0 Å². The second kappa shape index (κ2) is 4.91. The van der Waals surface area contributed by atoms with E-state index in [1.807, 2.05) is 0 Å². The van der Waals surface area contributed by atoms with Crippen molar-refractivity contribution in [2.75, 3.05) is 7.11 Å². The van der Waals surface area contributed by atoms with E-state index in [1.165, 1.54) is 0 Å². The van der Waals surface area contributed by atoms with Gasteiger partial charge in [0.2, 0.25) is 5.88 Å². The number of ether oxygens (including phenoxy) is 1. The molecule has 0 aliphatic carbocycles. The number of nitrogens with two attached hydrogens (primary N) is 1.